The van der Waals surface area contributed by atoms with Crippen molar-refractivity contribution in [2.24, 2.45) is 0 Å². The lowest BCUT2D eigenvalue weighted by molar-refractivity contribution is 0.0504. The summed E-state index contributed by atoms with van der Waals surface area (Å²) in [5, 5.41) is 0. The van der Waals surface area contributed by atoms with Gasteiger partial charge in [0.25, 0.3) is 0 Å². The Bertz CT molecular complexity index is 248. The second-order valence-corrected chi connectivity index (χ2v) is 2.26. The summed E-state index contributed by atoms with van der Waals surface area (Å²) in [7, 11) is 0. The predicted octanol–water partition coefficient (Wildman–Crippen LogP) is 1.04. The van der Waals surface area contributed by atoms with Gasteiger partial charge in [0.2, 0.25) is 0 Å². The SMILES string of the molecule is CCCOC(=O)c1cncnc1. The fraction of sp³-hybridized carbons (Fsp3) is 0.375. The molecule has 0 spiro atoms. The highest BCUT2D eigenvalue weighted by molar-refractivity contribution is 5.88. The van der Waals surface area contributed by atoms with Crippen molar-refractivity contribution in [3.05, 3.63) is 24.3 Å². The van der Waals surface area contributed by atoms with Gasteiger partial charge in [-0.2, -0.15) is 0 Å². The molecule has 0 bridgehead atoms. The molecule has 64 valence electrons. The first-order valence-electron chi connectivity index (χ1n) is 3.76. The molecule has 1 aromatic heterocycles. The topological polar surface area (TPSA) is 52.1 Å². The number of ether oxygens (including phenoxy) is 1. The Kier molecular flexibility index (Phi) is 3.19. The van der Waals surface area contributed by atoms with Crippen molar-refractivity contribution in [1.29, 1.82) is 0 Å². The molecule has 1 heterocycles. The molecule has 0 aliphatic heterocycles. The van der Waals surface area contributed by atoms with Gasteiger partial charge >= 0.3 is 5.97 Å². The normalized spacial score (nSPS) is 9.42. The van der Waals surface area contributed by atoms with Crippen molar-refractivity contribution in [1.82, 2.24) is 9.97 Å². The average molecular weight is 166 g/mol. The number of esters is 1. The standard InChI is InChI=1S/C8H10N2O2/c1-2-3-12-8(11)7-4-9-6-10-5-7/h4-6H,2-3H2,1H3. The van der Waals surface area contributed by atoms with Gasteiger partial charge in [-0.05, 0) is 6.42 Å². The van der Waals surface area contributed by atoms with E-state index in [1.165, 1.54) is 18.7 Å². The third-order valence-corrected chi connectivity index (χ3v) is 1.23. The quantitative estimate of drug-likeness (QED) is 0.629. The predicted molar refractivity (Wildman–Crippen MR) is 42.6 cm³/mol. The lowest BCUT2D eigenvalue weighted by Crippen LogP contribution is -2.06. The van der Waals surface area contributed by atoms with E-state index in [2.05, 4.69) is 9.97 Å². The molecule has 0 saturated carbocycles. The zero-order valence-electron chi connectivity index (χ0n) is 6.86. The van der Waals surface area contributed by atoms with E-state index < -0.39 is 0 Å². The van der Waals surface area contributed by atoms with Crippen LogP contribution in [0.3, 0.4) is 0 Å². The smallest absolute Gasteiger partial charge is 0.341 e. The largest absolute Gasteiger partial charge is 0.462 e. The summed E-state index contributed by atoms with van der Waals surface area (Å²) in [5.74, 6) is -0.363. The Hall–Kier alpha value is -1.45. The van der Waals surface area contributed by atoms with Crippen LogP contribution in [0, 0.1) is 0 Å². The fourth-order valence-electron chi connectivity index (χ4n) is 0.683. The molecule has 0 saturated heterocycles. The molecule has 0 aromatic carbocycles. The first-order valence-corrected chi connectivity index (χ1v) is 3.76. The second kappa shape index (κ2) is 4.43. The van der Waals surface area contributed by atoms with Gasteiger partial charge in [0.1, 0.15) is 6.33 Å². The number of aromatic nitrogens is 2. The van der Waals surface area contributed by atoms with E-state index in [1.807, 2.05) is 6.92 Å². The van der Waals surface area contributed by atoms with Crippen LogP contribution < -0.4 is 0 Å². The van der Waals surface area contributed by atoms with Crippen molar-refractivity contribution in [3.63, 3.8) is 0 Å². The highest BCUT2D eigenvalue weighted by atomic mass is 16.5. The Morgan fingerprint density at radius 2 is 2.17 bits per heavy atom. The third kappa shape index (κ3) is 2.30. The van der Waals surface area contributed by atoms with Crippen molar-refractivity contribution in [2.75, 3.05) is 6.61 Å². The zero-order chi connectivity index (χ0) is 8.81. The molecule has 0 radical (unpaired) electrons. The van der Waals surface area contributed by atoms with E-state index in [0.717, 1.165) is 6.42 Å². The van der Waals surface area contributed by atoms with Crippen LogP contribution in [0.4, 0.5) is 0 Å². The van der Waals surface area contributed by atoms with E-state index >= 15 is 0 Å². The zero-order valence-corrected chi connectivity index (χ0v) is 6.86. The lowest BCUT2D eigenvalue weighted by Gasteiger charge is -2.00. The van der Waals surface area contributed by atoms with Gasteiger partial charge in [0, 0.05) is 12.4 Å². The summed E-state index contributed by atoms with van der Waals surface area (Å²) >= 11 is 0. The van der Waals surface area contributed by atoms with Gasteiger partial charge in [-0.25, -0.2) is 14.8 Å². The van der Waals surface area contributed by atoms with Crippen LogP contribution in [0.5, 0.6) is 0 Å². The fourth-order valence-corrected chi connectivity index (χ4v) is 0.683. The highest BCUT2D eigenvalue weighted by Gasteiger charge is 2.05. The van der Waals surface area contributed by atoms with Crippen molar-refractivity contribution in [2.45, 2.75) is 13.3 Å². The molecular weight excluding hydrogens is 156 g/mol. The number of rotatable bonds is 3. The van der Waals surface area contributed by atoms with Gasteiger partial charge in [0.05, 0.1) is 12.2 Å². The summed E-state index contributed by atoms with van der Waals surface area (Å²) in [6.07, 6.45) is 5.06. The van der Waals surface area contributed by atoms with Gasteiger partial charge < -0.3 is 4.74 Å². The monoisotopic (exact) mass is 166 g/mol. The molecule has 4 nitrogen and oxygen atoms in total. The van der Waals surface area contributed by atoms with Crippen LogP contribution in [-0.2, 0) is 4.74 Å². The van der Waals surface area contributed by atoms with E-state index in [0.29, 0.717) is 12.2 Å². The van der Waals surface area contributed by atoms with E-state index in [9.17, 15) is 4.79 Å². The molecule has 0 amide bonds. The average Bonchev–Trinajstić information content (AvgIpc) is 2.15. The number of nitrogens with zero attached hydrogens (tertiary/aromatic N) is 2. The Morgan fingerprint density at radius 3 is 2.75 bits per heavy atom. The van der Waals surface area contributed by atoms with Gasteiger partial charge in [0.15, 0.2) is 0 Å². The summed E-state index contributed by atoms with van der Waals surface area (Å²) in [6, 6.07) is 0. The minimum absolute atomic E-state index is 0.363. The van der Waals surface area contributed by atoms with Gasteiger partial charge in [-0.1, -0.05) is 6.92 Å². The van der Waals surface area contributed by atoms with Crippen LogP contribution in [0.2, 0.25) is 0 Å². The lowest BCUT2D eigenvalue weighted by atomic mass is 10.3. The number of carbonyl (C=O) groups is 1. The molecule has 0 N–H and O–H groups in total. The first kappa shape index (κ1) is 8.64. The highest BCUT2D eigenvalue weighted by Crippen LogP contribution is 1.96. The summed E-state index contributed by atoms with van der Waals surface area (Å²) in [4.78, 5) is 18.5. The minimum Gasteiger partial charge on any atom is -0.462 e. The number of carbonyl (C=O) groups excluding carboxylic acids is 1. The van der Waals surface area contributed by atoms with Crippen molar-refractivity contribution < 1.29 is 9.53 Å². The Labute approximate surface area is 70.6 Å². The Balaban J connectivity index is 2.54. The maximum atomic E-state index is 11.1. The number of hydrogen-bond donors (Lipinski definition) is 0. The number of hydrogen-bond acceptors (Lipinski definition) is 4. The van der Waals surface area contributed by atoms with Crippen LogP contribution in [-0.4, -0.2) is 22.5 Å². The van der Waals surface area contributed by atoms with Crippen molar-refractivity contribution >= 4 is 5.97 Å². The molecule has 0 aliphatic carbocycles. The van der Waals surface area contributed by atoms with Crippen LogP contribution in [0.15, 0.2) is 18.7 Å². The maximum absolute atomic E-state index is 11.1. The van der Waals surface area contributed by atoms with E-state index in [1.54, 1.807) is 0 Å². The maximum Gasteiger partial charge on any atom is 0.341 e. The van der Waals surface area contributed by atoms with Crippen LogP contribution in [0.1, 0.15) is 23.7 Å². The van der Waals surface area contributed by atoms with Crippen molar-refractivity contribution in [3.8, 4) is 0 Å². The summed E-state index contributed by atoms with van der Waals surface area (Å²) < 4.78 is 4.86. The molecule has 1 aromatic rings. The molecule has 1 rings (SSSR count). The molecule has 12 heavy (non-hydrogen) atoms. The third-order valence-electron chi connectivity index (χ3n) is 1.23. The molecule has 0 fully saturated rings. The molecule has 0 atom stereocenters. The summed E-state index contributed by atoms with van der Waals surface area (Å²) in [6.45, 7) is 2.38. The summed E-state index contributed by atoms with van der Waals surface area (Å²) in [5.41, 5.74) is 0.394. The molecular formula is C8H10N2O2. The van der Waals surface area contributed by atoms with Gasteiger partial charge in [-0.3, -0.25) is 0 Å². The van der Waals surface area contributed by atoms with E-state index in [-0.39, 0.29) is 5.97 Å². The Morgan fingerprint density at radius 1 is 1.50 bits per heavy atom. The van der Waals surface area contributed by atoms with E-state index in [4.69, 9.17) is 4.74 Å². The molecule has 4 heteroatoms. The van der Waals surface area contributed by atoms with Crippen LogP contribution >= 0.6 is 0 Å². The first-order chi connectivity index (χ1) is 5.84. The van der Waals surface area contributed by atoms with Gasteiger partial charge in [-0.15, -0.1) is 0 Å². The molecule has 0 aliphatic rings. The second-order valence-electron chi connectivity index (χ2n) is 2.26. The molecule has 0 unspecified atom stereocenters. The minimum atomic E-state index is -0.363. The van der Waals surface area contributed by atoms with Crippen LogP contribution in [0.25, 0.3) is 0 Å².